The fraction of sp³-hybridized carbons (Fsp3) is 0.833. The zero-order valence-electron chi connectivity index (χ0n) is 26.9. The van der Waals surface area contributed by atoms with Gasteiger partial charge in [0.1, 0.15) is 5.75 Å². The van der Waals surface area contributed by atoms with Crippen LogP contribution in [0.2, 0.25) is 0 Å². The summed E-state index contributed by atoms with van der Waals surface area (Å²) in [5.74, 6) is 0.658. The molecular weight excluding hydrogens is 511 g/mol. The number of rotatable bonds is 31. The van der Waals surface area contributed by atoms with Crippen LogP contribution < -0.4 is 4.52 Å². The largest absolute Gasteiger partial charge is 0.424 e. The molecule has 0 spiro atoms. The quantitative estimate of drug-likeness (QED) is 0.0649. The van der Waals surface area contributed by atoms with E-state index in [9.17, 15) is 4.57 Å². The molecule has 0 fully saturated rings. The number of para-hydroxylation sites is 1. The van der Waals surface area contributed by atoms with Crippen molar-refractivity contribution in [3.8, 4) is 5.75 Å². The molecule has 40 heavy (non-hydrogen) atoms. The van der Waals surface area contributed by atoms with Gasteiger partial charge < -0.3 is 4.52 Å². The molecule has 0 aromatic heterocycles. The third kappa shape index (κ3) is 23.9. The van der Waals surface area contributed by atoms with E-state index in [1.165, 1.54) is 141 Å². The van der Waals surface area contributed by atoms with Gasteiger partial charge in [0.2, 0.25) is 0 Å². The summed E-state index contributed by atoms with van der Waals surface area (Å²) in [5.41, 5.74) is 0. The molecule has 0 aliphatic rings. The molecule has 4 heteroatoms. The molecule has 1 aromatic rings. The molecule has 234 valence electrons. The number of hydrogen-bond donors (Lipinski definition) is 0. The van der Waals surface area contributed by atoms with Crippen LogP contribution in [0.1, 0.15) is 181 Å². The molecule has 0 N–H and O–H groups in total. The minimum Gasteiger partial charge on any atom is -0.424 e. The molecule has 0 heterocycles. The van der Waals surface area contributed by atoms with Crippen LogP contribution in [0.25, 0.3) is 0 Å². The van der Waals surface area contributed by atoms with E-state index in [1.54, 1.807) is 0 Å². The highest BCUT2D eigenvalue weighted by Crippen LogP contribution is 2.49. The molecule has 3 nitrogen and oxygen atoms in total. The van der Waals surface area contributed by atoms with Gasteiger partial charge in [0.15, 0.2) is 0 Å². The van der Waals surface area contributed by atoms with E-state index in [2.05, 4.69) is 13.8 Å². The Morgan fingerprint density at radius 2 is 0.825 bits per heavy atom. The van der Waals surface area contributed by atoms with Crippen LogP contribution in [-0.4, -0.2) is 12.8 Å². The van der Waals surface area contributed by atoms with Gasteiger partial charge in [-0.25, -0.2) is 4.57 Å². The van der Waals surface area contributed by atoms with Crippen LogP contribution in [0.4, 0.5) is 0 Å². The third-order valence-corrected chi connectivity index (χ3v) is 9.99. The Bertz CT molecular complexity index is 678. The Hall–Kier alpha value is -0.790. The van der Waals surface area contributed by atoms with Crippen molar-refractivity contribution in [1.29, 1.82) is 0 Å². The van der Waals surface area contributed by atoms with Crippen molar-refractivity contribution in [2.24, 2.45) is 0 Å². The summed E-state index contributed by atoms with van der Waals surface area (Å²) < 4.78 is 25.5. The molecule has 0 aliphatic heterocycles. The predicted molar refractivity (Wildman–Crippen MR) is 177 cm³/mol. The molecule has 0 aliphatic carbocycles. The predicted octanol–water partition coefficient (Wildman–Crippen LogP) is 13.5. The van der Waals surface area contributed by atoms with Crippen LogP contribution in [0.15, 0.2) is 30.3 Å². The monoisotopic (exact) mass is 578 g/mol. The molecule has 0 radical (unpaired) electrons. The minimum atomic E-state index is -3.11. The van der Waals surface area contributed by atoms with Gasteiger partial charge in [-0.1, -0.05) is 186 Å². The summed E-state index contributed by atoms with van der Waals surface area (Å²) in [5, 5.41) is 0. The van der Waals surface area contributed by atoms with Crippen molar-refractivity contribution in [2.45, 2.75) is 181 Å². The highest BCUT2D eigenvalue weighted by Gasteiger charge is 2.25. The molecule has 1 rings (SSSR count). The first kappa shape index (κ1) is 37.2. The number of hydrogen-bond acceptors (Lipinski definition) is 3. The first-order chi connectivity index (χ1) is 19.7. The first-order valence-corrected chi connectivity index (χ1v) is 19.4. The van der Waals surface area contributed by atoms with E-state index in [4.69, 9.17) is 9.05 Å². The lowest BCUT2D eigenvalue weighted by Crippen LogP contribution is -2.04. The normalized spacial score (nSPS) is 12.9. The average molecular weight is 579 g/mol. The summed E-state index contributed by atoms with van der Waals surface area (Å²) in [4.78, 5) is 0. The van der Waals surface area contributed by atoms with Gasteiger partial charge >= 0.3 is 7.60 Å². The highest BCUT2D eigenvalue weighted by atomic mass is 31.2. The lowest BCUT2D eigenvalue weighted by molar-refractivity contribution is 0.256. The van der Waals surface area contributed by atoms with E-state index in [1.807, 2.05) is 30.3 Å². The molecule has 0 bridgehead atoms. The van der Waals surface area contributed by atoms with E-state index >= 15 is 0 Å². The van der Waals surface area contributed by atoms with Crippen molar-refractivity contribution in [1.82, 2.24) is 0 Å². The summed E-state index contributed by atoms with van der Waals surface area (Å²) in [6.45, 7) is 5.10. The molecule has 0 amide bonds. The zero-order valence-corrected chi connectivity index (χ0v) is 27.8. The Balaban J connectivity index is 2.12. The molecular formula is C36H67O3P. The maximum Gasteiger partial charge on any atom is 0.379 e. The number of benzene rings is 1. The van der Waals surface area contributed by atoms with Gasteiger partial charge in [-0.05, 0) is 25.0 Å². The number of unbranched alkanes of at least 4 members (excludes halogenated alkanes) is 24. The van der Waals surface area contributed by atoms with Gasteiger partial charge in [-0.15, -0.1) is 0 Å². The topological polar surface area (TPSA) is 35.5 Å². The van der Waals surface area contributed by atoms with Crippen molar-refractivity contribution >= 4 is 7.60 Å². The first-order valence-electron chi connectivity index (χ1n) is 17.7. The van der Waals surface area contributed by atoms with Crippen molar-refractivity contribution < 1.29 is 13.6 Å². The maximum absolute atomic E-state index is 13.6. The van der Waals surface area contributed by atoms with Crippen LogP contribution in [-0.2, 0) is 9.09 Å². The second-order valence-electron chi connectivity index (χ2n) is 12.1. The summed E-state index contributed by atoms with van der Waals surface area (Å²) in [6.07, 6.45) is 34.8. The van der Waals surface area contributed by atoms with Gasteiger partial charge in [-0.3, -0.25) is 4.52 Å². The second-order valence-corrected chi connectivity index (χ2v) is 14.2. The second kappa shape index (κ2) is 28.3. The summed E-state index contributed by atoms with van der Waals surface area (Å²) in [7, 11) is -3.11. The van der Waals surface area contributed by atoms with Crippen LogP contribution >= 0.6 is 7.60 Å². The highest BCUT2D eigenvalue weighted by molar-refractivity contribution is 7.54. The lowest BCUT2D eigenvalue weighted by Gasteiger charge is -2.19. The van der Waals surface area contributed by atoms with Gasteiger partial charge in [0.05, 0.1) is 12.8 Å². The minimum absolute atomic E-state index is 0.526. The smallest absolute Gasteiger partial charge is 0.379 e. The van der Waals surface area contributed by atoms with E-state index in [-0.39, 0.29) is 0 Å². The fourth-order valence-electron chi connectivity index (χ4n) is 5.43. The SMILES string of the molecule is CCCCCCCCCCCCCCCOP(=O)(CCCCCCCCCCCCCCC)Oc1ccccc1. The molecule has 1 aromatic carbocycles. The Morgan fingerprint density at radius 3 is 1.23 bits per heavy atom. The summed E-state index contributed by atoms with van der Waals surface area (Å²) in [6, 6.07) is 9.57. The maximum atomic E-state index is 13.6. The van der Waals surface area contributed by atoms with E-state index in [0.29, 0.717) is 18.5 Å². The van der Waals surface area contributed by atoms with Gasteiger partial charge in [0, 0.05) is 0 Å². The van der Waals surface area contributed by atoms with Crippen molar-refractivity contribution in [3.63, 3.8) is 0 Å². The molecule has 1 atom stereocenters. The lowest BCUT2D eigenvalue weighted by atomic mass is 10.0. The van der Waals surface area contributed by atoms with Crippen LogP contribution in [0.3, 0.4) is 0 Å². The van der Waals surface area contributed by atoms with E-state index < -0.39 is 7.60 Å². The average Bonchev–Trinajstić information content (AvgIpc) is 2.96. The third-order valence-electron chi connectivity index (χ3n) is 8.06. The van der Waals surface area contributed by atoms with Crippen molar-refractivity contribution in [3.05, 3.63) is 30.3 Å². The Labute approximate surface area is 250 Å². The Morgan fingerprint density at radius 1 is 0.475 bits per heavy atom. The van der Waals surface area contributed by atoms with Crippen molar-refractivity contribution in [2.75, 3.05) is 12.8 Å². The van der Waals surface area contributed by atoms with Gasteiger partial charge in [-0.2, -0.15) is 0 Å². The van der Waals surface area contributed by atoms with Crippen LogP contribution in [0, 0.1) is 0 Å². The fourth-order valence-corrected chi connectivity index (χ4v) is 7.16. The molecule has 1 unspecified atom stereocenters. The Kier molecular flexibility index (Phi) is 26.4. The van der Waals surface area contributed by atoms with E-state index in [0.717, 1.165) is 25.7 Å². The van der Waals surface area contributed by atoms with Crippen LogP contribution in [0.5, 0.6) is 5.75 Å². The summed E-state index contributed by atoms with van der Waals surface area (Å²) >= 11 is 0. The zero-order chi connectivity index (χ0) is 28.8. The standard InChI is InChI=1S/C36H67O3P/c1-3-5-7-9-11-13-15-17-19-21-23-25-30-34-38-40(37,39-36-32-28-27-29-33-36)35-31-26-24-22-20-18-16-14-12-10-8-6-4-2/h27-29,32-33H,3-26,30-31,34-35H2,1-2H3. The molecule has 0 saturated heterocycles. The van der Waals surface area contributed by atoms with Gasteiger partial charge in [0.25, 0.3) is 0 Å². The molecule has 0 saturated carbocycles.